The van der Waals surface area contributed by atoms with Gasteiger partial charge in [0.1, 0.15) is 4.99 Å². The average molecular weight is 248 g/mol. The number of hydrogen-bond donors (Lipinski definition) is 1. The first-order valence-electron chi connectivity index (χ1n) is 6.34. The topological polar surface area (TPSA) is 29.3 Å². The highest BCUT2D eigenvalue weighted by atomic mass is 32.1. The zero-order valence-electron chi connectivity index (χ0n) is 10.4. The van der Waals surface area contributed by atoms with Crippen LogP contribution in [-0.2, 0) is 0 Å². The van der Waals surface area contributed by atoms with E-state index in [1.807, 2.05) is 0 Å². The molecule has 1 aromatic carbocycles. The molecule has 3 heteroatoms. The number of rotatable bonds is 2. The smallest absolute Gasteiger partial charge is 0.104 e. The van der Waals surface area contributed by atoms with Gasteiger partial charge in [0.25, 0.3) is 0 Å². The molecule has 1 aliphatic rings. The van der Waals surface area contributed by atoms with E-state index in [1.54, 1.807) is 0 Å². The fourth-order valence-corrected chi connectivity index (χ4v) is 2.68. The number of aryl methyl sites for hydroxylation is 1. The molecule has 0 aliphatic carbocycles. The minimum absolute atomic E-state index is 0.491. The van der Waals surface area contributed by atoms with E-state index < -0.39 is 0 Å². The van der Waals surface area contributed by atoms with Crippen molar-refractivity contribution in [2.24, 2.45) is 5.73 Å². The second kappa shape index (κ2) is 5.50. The van der Waals surface area contributed by atoms with E-state index in [0.717, 1.165) is 5.56 Å². The number of thiocarbonyl (C=S) groups is 1. The van der Waals surface area contributed by atoms with Crippen molar-refractivity contribution in [3.05, 3.63) is 29.3 Å². The van der Waals surface area contributed by atoms with Gasteiger partial charge in [0.15, 0.2) is 0 Å². The monoisotopic (exact) mass is 248 g/mol. The third kappa shape index (κ3) is 2.97. The van der Waals surface area contributed by atoms with E-state index >= 15 is 0 Å². The van der Waals surface area contributed by atoms with Crippen LogP contribution in [0.15, 0.2) is 18.2 Å². The van der Waals surface area contributed by atoms with Gasteiger partial charge in [0.05, 0.1) is 0 Å². The maximum absolute atomic E-state index is 5.69. The van der Waals surface area contributed by atoms with Gasteiger partial charge in [-0.25, -0.2) is 0 Å². The van der Waals surface area contributed by atoms with Crippen LogP contribution >= 0.6 is 12.2 Å². The Hall–Kier alpha value is -1.09. The predicted octanol–water partition coefficient (Wildman–Crippen LogP) is 3.01. The summed E-state index contributed by atoms with van der Waals surface area (Å²) in [6, 6.07) is 6.41. The molecule has 0 amide bonds. The fourth-order valence-electron chi connectivity index (χ4n) is 2.45. The van der Waals surface area contributed by atoms with Crippen molar-refractivity contribution in [2.45, 2.75) is 32.6 Å². The van der Waals surface area contributed by atoms with Gasteiger partial charge in [-0.15, -0.1) is 0 Å². The molecular weight excluding hydrogens is 228 g/mol. The first-order chi connectivity index (χ1) is 8.18. The van der Waals surface area contributed by atoms with Crippen LogP contribution in [0.3, 0.4) is 0 Å². The fraction of sp³-hybridized carbons (Fsp3) is 0.500. The molecule has 1 heterocycles. The molecule has 1 aliphatic heterocycles. The minimum atomic E-state index is 0.491. The first-order valence-corrected chi connectivity index (χ1v) is 6.75. The third-order valence-electron chi connectivity index (χ3n) is 3.45. The van der Waals surface area contributed by atoms with Crippen LogP contribution in [-0.4, -0.2) is 18.1 Å². The van der Waals surface area contributed by atoms with Gasteiger partial charge in [-0.3, -0.25) is 0 Å². The van der Waals surface area contributed by atoms with Gasteiger partial charge in [0, 0.05) is 24.3 Å². The van der Waals surface area contributed by atoms with Crippen molar-refractivity contribution >= 4 is 22.9 Å². The quantitative estimate of drug-likeness (QED) is 0.816. The summed E-state index contributed by atoms with van der Waals surface area (Å²) in [5.74, 6) is 0. The number of benzene rings is 1. The highest BCUT2D eigenvalue weighted by Crippen LogP contribution is 2.22. The lowest BCUT2D eigenvalue weighted by atomic mass is 10.1. The molecule has 92 valence electrons. The van der Waals surface area contributed by atoms with Crippen molar-refractivity contribution in [3.63, 3.8) is 0 Å². The van der Waals surface area contributed by atoms with Crippen LogP contribution < -0.4 is 10.6 Å². The second-order valence-electron chi connectivity index (χ2n) is 4.76. The standard InChI is InChI=1S/C14H20N2S/c1-11-10-12(6-7-13(11)14(15)17)16-8-4-2-3-5-9-16/h6-7,10H,2-5,8-9H2,1H3,(H2,15,17). The molecule has 0 aromatic heterocycles. The van der Waals surface area contributed by atoms with E-state index in [1.165, 1.54) is 50.0 Å². The molecule has 0 spiro atoms. The van der Waals surface area contributed by atoms with Gasteiger partial charge in [-0.1, -0.05) is 25.1 Å². The molecule has 1 saturated heterocycles. The summed E-state index contributed by atoms with van der Waals surface area (Å²) in [7, 11) is 0. The van der Waals surface area contributed by atoms with Crippen molar-refractivity contribution < 1.29 is 0 Å². The van der Waals surface area contributed by atoms with Gasteiger partial charge >= 0.3 is 0 Å². The molecule has 1 aromatic rings. The number of anilines is 1. The van der Waals surface area contributed by atoms with Crippen molar-refractivity contribution in [3.8, 4) is 0 Å². The van der Waals surface area contributed by atoms with E-state index in [2.05, 4.69) is 30.0 Å². The number of hydrogen-bond acceptors (Lipinski definition) is 2. The van der Waals surface area contributed by atoms with Crippen molar-refractivity contribution in [1.82, 2.24) is 0 Å². The summed E-state index contributed by atoms with van der Waals surface area (Å²) in [4.78, 5) is 2.97. The second-order valence-corrected chi connectivity index (χ2v) is 5.20. The summed E-state index contributed by atoms with van der Waals surface area (Å²) in [5, 5.41) is 0. The highest BCUT2D eigenvalue weighted by Gasteiger charge is 2.11. The summed E-state index contributed by atoms with van der Waals surface area (Å²) >= 11 is 5.04. The molecule has 2 rings (SSSR count). The van der Waals surface area contributed by atoms with Gasteiger partial charge < -0.3 is 10.6 Å². The molecule has 0 unspecified atom stereocenters. The Balaban J connectivity index is 2.21. The van der Waals surface area contributed by atoms with E-state index in [4.69, 9.17) is 18.0 Å². The summed E-state index contributed by atoms with van der Waals surface area (Å²) < 4.78 is 0. The zero-order chi connectivity index (χ0) is 12.3. The summed E-state index contributed by atoms with van der Waals surface area (Å²) in [6.45, 7) is 4.42. The Morgan fingerprint density at radius 1 is 1.18 bits per heavy atom. The number of nitrogens with two attached hydrogens (primary N) is 1. The largest absolute Gasteiger partial charge is 0.389 e. The number of nitrogens with zero attached hydrogens (tertiary/aromatic N) is 1. The molecule has 0 bridgehead atoms. The first kappa shape index (κ1) is 12.4. The van der Waals surface area contributed by atoms with Crippen LogP contribution in [0.2, 0.25) is 0 Å². The summed E-state index contributed by atoms with van der Waals surface area (Å²) in [6.07, 6.45) is 5.33. The Bertz CT molecular complexity index is 407. The molecule has 2 nitrogen and oxygen atoms in total. The van der Waals surface area contributed by atoms with E-state index in [0.29, 0.717) is 4.99 Å². The van der Waals surface area contributed by atoms with Gasteiger partial charge in [-0.2, -0.15) is 0 Å². The molecule has 2 N–H and O–H groups in total. The Labute approximate surface area is 109 Å². The van der Waals surface area contributed by atoms with E-state index in [-0.39, 0.29) is 0 Å². The Kier molecular flexibility index (Phi) is 4.00. The van der Waals surface area contributed by atoms with Crippen LogP contribution in [0.1, 0.15) is 36.8 Å². The Morgan fingerprint density at radius 3 is 2.35 bits per heavy atom. The lowest BCUT2D eigenvalue weighted by molar-refractivity contribution is 0.726. The van der Waals surface area contributed by atoms with Crippen LogP contribution in [0, 0.1) is 6.92 Å². The van der Waals surface area contributed by atoms with Crippen molar-refractivity contribution in [2.75, 3.05) is 18.0 Å². The van der Waals surface area contributed by atoms with Gasteiger partial charge in [0.2, 0.25) is 0 Å². The average Bonchev–Trinajstić information content (AvgIpc) is 2.56. The minimum Gasteiger partial charge on any atom is -0.389 e. The van der Waals surface area contributed by atoms with Crippen LogP contribution in [0.25, 0.3) is 0 Å². The molecule has 1 fully saturated rings. The van der Waals surface area contributed by atoms with Gasteiger partial charge in [-0.05, 0) is 43.5 Å². The zero-order valence-corrected chi connectivity index (χ0v) is 11.2. The molecule has 0 atom stereocenters. The lowest BCUT2D eigenvalue weighted by Crippen LogP contribution is -2.24. The normalized spacial score (nSPS) is 16.6. The SMILES string of the molecule is Cc1cc(N2CCCCCC2)ccc1C(N)=S. The third-order valence-corrected chi connectivity index (χ3v) is 3.67. The Morgan fingerprint density at radius 2 is 1.82 bits per heavy atom. The lowest BCUT2D eigenvalue weighted by Gasteiger charge is -2.23. The maximum Gasteiger partial charge on any atom is 0.104 e. The molecule has 0 saturated carbocycles. The summed E-state index contributed by atoms with van der Waals surface area (Å²) in [5.41, 5.74) is 9.17. The van der Waals surface area contributed by atoms with Crippen molar-refractivity contribution in [1.29, 1.82) is 0 Å². The molecule has 0 radical (unpaired) electrons. The van der Waals surface area contributed by atoms with Crippen LogP contribution in [0.4, 0.5) is 5.69 Å². The molecule has 17 heavy (non-hydrogen) atoms. The molecular formula is C14H20N2S. The predicted molar refractivity (Wildman–Crippen MR) is 77.7 cm³/mol. The van der Waals surface area contributed by atoms with Crippen LogP contribution in [0.5, 0.6) is 0 Å². The maximum atomic E-state index is 5.69. The van der Waals surface area contributed by atoms with E-state index in [9.17, 15) is 0 Å². The highest BCUT2D eigenvalue weighted by molar-refractivity contribution is 7.80.